The molecule has 3 rings (SSSR count). The third-order valence-corrected chi connectivity index (χ3v) is 2.92. The van der Waals surface area contributed by atoms with Gasteiger partial charge in [0.2, 0.25) is 5.96 Å². The van der Waals surface area contributed by atoms with E-state index in [4.69, 9.17) is 5.73 Å². The lowest BCUT2D eigenvalue weighted by Gasteiger charge is -2.24. The van der Waals surface area contributed by atoms with Gasteiger partial charge in [0.1, 0.15) is 5.69 Å². The number of rotatable bonds is 0. The number of hydrazine groups is 1. The number of anilines is 1. The smallest absolute Gasteiger partial charge is 0.216 e. The number of nitrogens with one attached hydrogen (secondary N) is 1. The largest absolute Gasteiger partial charge is 0.368 e. The zero-order valence-electron chi connectivity index (χ0n) is 9.23. The van der Waals surface area contributed by atoms with Crippen LogP contribution in [0.15, 0.2) is 29.3 Å². The molecular formula is C11H13N5. The Hall–Kier alpha value is -2.17. The zero-order valence-corrected chi connectivity index (χ0v) is 9.23. The van der Waals surface area contributed by atoms with Gasteiger partial charge in [-0.3, -0.25) is 10.4 Å². The van der Waals surface area contributed by atoms with Gasteiger partial charge in [-0.15, -0.1) is 0 Å². The predicted molar refractivity (Wildman–Crippen MR) is 65.6 cm³/mol. The third-order valence-electron chi connectivity index (χ3n) is 2.92. The fourth-order valence-corrected chi connectivity index (χ4v) is 2.03. The lowest BCUT2D eigenvalue weighted by molar-refractivity contribution is 0.593. The van der Waals surface area contributed by atoms with Crippen LogP contribution in [0.25, 0.3) is 10.9 Å². The molecule has 0 spiro atoms. The van der Waals surface area contributed by atoms with Gasteiger partial charge < -0.3 is 10.3 Å². The first-order valence-electron chi connectivity index (χ1n) is 5.10. The number of benzene rings is 1. The minimum absolute atomic E-state index is 0.471. The molecule has 0 saturated heterocycles. The van der Waals surface area contributed by atoms with Crippen molar-refractivity contribution in [3.8, 4) is 0 Å². The van der Waals surface area contributed by atoms with Crippen molar-refractivity contribution in [1.29, 1.82) is 0 Å². The third kappa shape index (κ3) is 1.02. The average Bonchev–Trinajstić information content (AvgIpc) is 2.55. The van der Waals surface area contributed by atoms with Crippen molar-refractivity contribution in [2.75, 3.05) is 12.5 Å². The molecule has 82 valence electrons. The minimum atomic E-state index is 0.471. The first kappa shape index (κ1) is 9.08. The Balaban J connectivity index is 2.38. The van der Waals surface area contributed by atoms with Crippen molar-refractivity contribution in [2.24, 2.45) is 17.8 Å². The van der Waals surface area contributed by atoms with Crippen LogP contribution in [0.5, 0.6) is 0 Å². The van der Waals surface area contributed by atoms with Crippen molar-refractivity contribution in [1.82, 2.24) is 9.58 Å². The van der Waals surface area contributed by atoms with Crippen LogP contribution >= 0.6 is 0 Å². The molecular weight excluding hydrogens is 202 g/mol. The zero-order chi connectivity index (χ0) is 11.3. The normalized spacial score (nSPS) is 14.6. The van der Waals surface area contributed by atoms with E-state index in [0.29, 0.717) is 5.96 Å². The van der Waals surface area contributed by atoms with E-state index in [9.17, 15) is 0 Å². The number of guanidine groups is 1. The second-order valence-electron chi connectivity index (χ2n) is 3.92. The van der Waals surface area contributed by atoms with Gasteiger partial charge in [-0.25, -0.2) is 0 Å². The standard InChI is InChI=1S/C11H13N5/c1-15-8-6-4-3-5-7(8)9-10(15)13-11(12)16(2)14-9/h3-6,14H,1-2H3,(H2,12,13). The molecule has 0 unspecified atom stereocenters. The molecule has 1 aliphatic heterocycles. The van der Waals surface area contributed by atoms with Gasteiger partial charge in [0.05, 0.1) is 5.52 Å². The summed E-state index contributed by atoms with van der Waals surface area (Å²) in [6, 6.07) is 8.18. The molecule has 0 atom stereocenters. The SMILES string of the molecule is CN1Nc2c(n(C)c3ccccc23)N=C1N. The summed E-state index contributed by atoms with van der Waals surface area (Å²) in [6.45, 7) is 0. The van der Waals surface area contributed by atoms with Crippen LogP contribution in [0.3, 0.4) is 0 Å². The monoisotopic (exact) mass is 215 g/mol. The Morgan fingerprint density at radius 2 is 2.00 bits per heavy atom. The predicted octanol–water partition coefficient (Wildman–Crippen LogP) is 1.40. The number of nitrogens with zero attached hydrogens (tertiary/aromatic N) is 3. The molecule has 16 heavy (non-hydrogen) atoms. The molecule has 0 saturated carbocycles. The highest BCUT2D eigenvalue weighted by Crippen LogP contribution is 2.38. The molecule has 1 aromatic heterocycles. The van der Waals surface area contributed by atoms with Gasteiger partial charge in [-0.2, -0.15) is 4.99 Å². The van der Waals surface area contributed by atoms with E-state index in [1.165, 1.54) is 0 Å². The van der Waals surface area contributed by atoms with Gasteiger partial charge in [0, 0.05) is 19.5 Å². The number of hydrogen-bond donors (Lipinski definition) is 2. The summed E-state index contributed by atoms with van der Waals surface area (Å²) in [4.78, 5) is 4.38. The molecule has 0 bridgehead atoms. The van der Waals surface area contributed by atoms with Crippen molar-refractivity contribution >= 4 is 28.4 Å². The van der Waals surface area contributed by atoms with Crippen molar-refractivity contribution in [3.63, 3.8) is 0 Å². The van der Waals surface area contributed by atoms with Gasteiger partial charge in [0.25, 0.3) is 0 Å². The summed E-state index contributed by atoms with van der Waals surface area (Å²) in [5, 5.41) is 2.87. The number of nitrogens with two attached hydrogens (primary N) is 1. The molecule has 5 heteroatoms. The van der Waals surface area contributed by atoms with Crippen LogP contribution in [0.4, 0.5) is 11.5 Å². The average molecular weight is 215 g/mol. The second-order valence-corrected chi connectivity index (χ2v) is 3.92. The van der Waals surface area contributed by atoms with Crippen LogP contribution in [0.2, 0.25) is 0 Å². The van der Waals surface area contributed by atoms with Crippen LogP contribution < -0.4 is 11.2 Å². The Kier molecular flexibility index (Phi) is 1.65. The highest BCUT2D eigenvalue weighted by Gasteiger charge is 2.20. The second kappa shape index (κ2) is 2.91. The lowest BCUT2D eigenvalue weighted by atomic mass is 10.2. The maximum atomic E-state index is 5.78. The van der Waals surface area contributed by atoms with E-state index < -0.39 is 0 Å². The number of aliphatic imine (C=N–C) groups is 1. The fourth-order valence-electron chi connectivity index (χ4n) is 2.03. The van der Waals surface area contributed by atoms with E-state index in [1.54, 1.807) is 5.01 Å². The van der Waals surface area contributed by atoms with E-state index in [-0.39, 0.29) is 0 Å². The summed E-state index contributed by atoms with van der Waals surface area (Å²) in [6.07, 6.45) is 0. The van der Waals surface area contributed by atoms with Crippen LogP contribution in [-0.4, -0.2) is 22.6 Å². The molecule has 0 radical (unpaired) electrons. The molecule has 5 nitrogen and oxygen atoms in total. The van der Waals surface area contributed by atoms with Crippen molar-refractivity contribution < 1.29 is 0 Å². The number of para-hydroxylation sites is 1. The summed E-state index contributed by atoms with van der Waals surface area (Å²) in [5.74, 6) is 1.34. The van der Waals surface area contributed by atoms with Crippen LogP contribution in [0.1, 0.15) is 0 Å². The van der Waals surface area contributed by atoms with E-state index in [0.717, 1.165) is 22.4 Å². The Morgan fingerprint density at radius 3 is 2.81 bits per heavy atom. The Labute approximate surface area is 93.1 Å². The molecule has 0 amide bonds. The van der Waals surface area contributed by atoms with E-state index in [1.807, 2.05) is 30.8 Å². The number of aryl methyl sites for hydroxylation is 1. The van der Waals surface area contributed by atoms with E-state index in [2.05, 4.69) is 22.6 Å². The van der Waals surface area contributed by atoms with Gasteiger partial charge in [-0.1, -0.05) is 18.2 Å². The lowest BCUT2D eigenvalue weighted by Crippen LogP contribution is -2.40. The summed E-state index contributed by atoms with van der Waals surface area (Å²) in [5.41, 5.74) is 11.2. The quantitative estimate of drug-likeness (QED) is 0.698. The van der Waals surface area contributed by atoms with E-state index >= 15 is 0 Å². The molecule has 1 aliphatic rings. The summed E-state index contributed by atoms with van der Waals surface area (Å²) >= 11 is 0. The molecule has 0 fully saturated rings. The van der Waals surface area contributed by atoms with Crippen LogP contribution in [-0.2, 0) is 7.05 Å². The molecule has 0 aliphatic carbocycles. The van der Waals surface area contributed by atoms with Gasteiger partial charge in [0.15, 0.2) is 5.82 Å². The maximum absolute atomic E-state index is 5.78. The van der Waals surface area contributed by atoms with Crippen LogP contribution in [0, 0.1) is 0 Å². The molecule has 3 N–H and O–H groups in total. The van der Waals surface area contributed by atoms with Crippen molar-refractivity contribution in [2.45, 2.75) is 0 Å². The Morgan fingerprint density at radius 1 is 1.25 bits per heavy atom. The summed E-state index contributed by atoms with van der Waals surface area (Å²) < 4.78 is 2.04. The molecule has 1 aromatic carbocycles. The maximum Gasteiger partial charge on any atom is 0.216 e. The topological polar surface area (TPSA) is 58.6 Å². The molecule has 2 heterocycles. The number of hydrogen-bond acceptors (Lipinski definition) is 4. The minimum Gasteiger partial charge on any atom is -0.368 e. The number of fused-ring (bicyclic) bond motifs is 3. The van der Waals surface area contributed by atoms with Gasteiger partial charge >= 0.3 is 0 Å². The number of aromatic nitrogens is 1. The first-order chi connectivity index (χ1) is 7.68. The Bertz CT molecular complexity index is 596. The molecule has 2 aromatic rings. The highest BCUT2D eigenvalue weighted by molar-refractivity contribution is 6.03. The summed E-state index contributed by atoms with van der Waals surface area (Å²) in [7, 11) is 3.84. The van der Waals surface area contributed by atoms with Gasteiger partial charge in [-0.05, 0) is 6.07 Å². The van der Waals surface area contributed by atoms with Crippen molar-refractivity contribution in [3.05, 3.63) is 24.3 Å². The fraction of sp³-hybridized carbons (Fsp3) is 0.182. The first-order valence-corrected chi connectivity index (χ1v) is 5.10. The highest BCUT2D eigenvalue weighted by atomic mass is 15.6.